The van der Waals surface area contributed by atoms with Crippen molar-refractivity contribution >= 4 is 41.1 Å². The van der Waals surface area contributed by atoms with Crippen LogP contribution >= 0.6 is 23.4 Å². The van der Waals surface area contributed by atoms with Crippen LogP contribution in [0.5, 0.6) is 0 Å². The van der Waals surface area contributed by atoms with Crippen molar-refractivity contribution < 1.29 is 4.79 Å². The molecule has 2 heterocycles. The molecular formula is C22H15ClN4O2S. The van der Waals surface area contributed by atoms with Gasteiger partial charge in [0.2, 0.25) is 0 Å². The predicted octanol–water partition coefficient (Wildman–Crippen LogP) is 4.26. The number of amides is 1. The second-order valence-electron chi connectivity index (χ2n) is 6.19. The van der Waals surface area contributed by atoms with Gasteiger partial charge < -0.3 is 0 Å². The number of hydrogen-bond acceptors (Lipinski definition) is 5. The summed E-state index contributed by atoms with van der Waals surface area (Å²) in [6.45, 7) is 0. The highest BCUT2D eigenvalue weighted by atomic mass is 35.5. The van der Waals surface area contributed by atoms with Crippen molar-refractivity contribution in [1.29, 1.82) is 0 Å². The summed E-state index contributed by atoms with van der Waals surface area (Å²) in [5.41, 5.74) is 3.43. The first-order valence-electron chi connectivity index (χ1n) is 8.95. The Hall–Kier alpha value is -3.42. The van der Waals surface area contributed by atoms with Gasteiger partial charge >= 0.3 is 0 Å². The predicted molar refractivity (Wildman–Crippen MR) is 119 cm³/mol. The number of aromatic nitrogens is 2. The van der Waals surface area contributed by atoms with E-state index in [1.54, 1.807) is 54.7 Å². The summed E-state index contributed by atoms with van der Waals surface area (Å²) >= 11 is 7.28. The molecular weight excluding hydrogens is 420 g/mol. The van der Waals surface area contributed by atoms with E-state index in [0.717, 1.165) is 4.90 Å². The summed E-state index contributed by atoms with van der Waals surface area (Å²) < 4.78 is 1.44. The van der Waals surface area contributed by atoms with Gasteiger partial charge in [-0.1, -0.05) is 47.6 Å². The fourth-order valence-electron chi connectivity index (χ4n) is 2.69. The van der Waals surface area contributed by atoms with E-state index in [0.29, 0.717) is 21.3 Å². The summed E-state index contributed by atoms with van der Waals surface area (Å²) in [6.07, 6.45) is 2.97. The molecule has 0 aliphatic carbocycles. The molecule has 0 radical (unpaired) electrons. The normalized spacial score (nSPS) is 11.1. The molecule has 1 amide bonds. The van der Waals surface area contributed by atoms with E-state index >= 15 is 0 Å². The van der Waals surface area contributed by atoms with Crippen molar-refractivity contribution in [3.63, 3.8) is 0 Å². The average Bonchev–Trinajstić information content (AvgIpc) is 2.78. The Morgan fingerprint density at radius 1 is 1.03 bits per heavy atom. The van der Waals surface area contributed by atoms with Gasteiger partial charge in [0, 0.05) is 21.7 Å². The van der Waals surface area contributed by atoms with Crippen molar-refractivity contribution in [2.24, 2.45) is 5.10 Å². The fraction of sp³-hybridized carbons (Fsp3) is 0. The molecule has 0 bridgehead atoms. The molecule has 2 aromatic heterocycles. The minimum Gasteiger partial charge on any atom is -0.268 e. The maximum atomic E-state index is 13.0. The van der Waals surface area contributed by atoms with Gasteiger partial charge in [0.25, 0.3) is 11.5 Å². The van der Waals surface area contributed by atoms with Crippen LogP contribution in [-0.4, -0.2) is 21.5 Å². The molecule has 148 valence electrons. The molecule has 4 aromatic rings. The highest BCUT2D eigenvalue weighted by Gasteiger charge is 2.13. The molecule has 0 atom stereocenters. The largest absolute Gasteiger partial charge is 0.271 e. The van der Waals surface area contributed by atoms with E-state index in [1.165, 1.54) is 22.4 Å². The molecule has 0 aliphatic heterocycles. The number of rotatable bonds is 5. The number of carbonyl (C=O) groups excluding carboxylic acids is 1. The molecule has 0 spiro atoms. The maximum Gasteiger partial charge on any atom is 0.271 e. The minimum atomic E-state index is -0.368. The molecule has 0 fully saturated rings. The van der Waals surface area contributed by atoms with E-state index in [4.69, 9.17) is 11.6 Å². The van der Waals surface area contributed by atoms with Crippen LogP contribution in [0.1, 0.15) is 15.9 Å². The maximum absolute atomic E-state index is 13.0. The third kappa shape index (κ3) is 4.42. The van der Waals surface area contributed by atoms with Crippen molar-refractivity contribution in [2.45, 2.75) is 9.92 Å². The van der Waals surface area contributed by atoms with E-state index < -0.39 is 0 Å². The van der Waals surface area contributed by atoms with Crippen LogP contribution in [0.4, 0.5) is 0 Å². The molecule has 0 saturated heterocycles. The second kappa shape index (κ2) is 8.94. The summed E-state index contributed by atoms with van der Waals surface area (Å²) in [7, 11) is 0. The molecule has 6 nitrogen and oxygen atoms in total. The van der Waals surface area contributed by atoms with Gasteiger partial charge in [-0.05, 0) is 48.5 Å². The quantitative estimate of drug-likeness (QED) is 0.289. The molecule has 8 heteroatoms. The van der Waals surface area contributed by atoms with Crippen LogP contribution < -0.4 is 11.0 Å². The summed E-state index contributed by atoms with van der Waals surface area (Å²) in [4.78, 5) is 30.7. The number of fused-ring (bicyclic) bond motifs is 1. The number of benzene rings is 2. The number of carbonyl (C=O) groups is 1. The second-order valence-corrected chi connectivity index (χ2v) is 7.68. The van der Waals surface area contributed by atoms with Crippen LogP contribution in [0.3, 0.4) is 0 Å². The topological polar surface area (TPSA) is 75.8 Å². The lowest BCUT2D eigenvalue weighted by Gasteiger charge is -2.08. The van der Waals surface area contributed by atoms with Crippen LogP contribution in [-0.2, 0) is 0 Å². The third-order valence-corrected chi connectivity index (χ3v) is 5.42. The zero-order valence-corrected chi connectivity index (χ0v) is 17.1. The molecule has 0 aliphatic rings. The van der Waals surface area contributed by atoms with Crippen molar-refractivity contribution in [2.75, 3.05) is 0 Å². The lowest BCUT2D eigenvalue weighted by Crippen LogP contribution is -2.22. The van der Waals surface area contributed by atoms with E-state index in [-0.39, 0.29) is 17.0 Å². The first-order valence-corrected chi connectivity index (χ1v) is 10.1. The average molecular weight is 435 g/mol. The Morgan fingerprint density at radius 3 is 2.53 bits per heavy atom. The van der Waals surface area contributed by atoms with Crippen LogP contribution in [0, 0.1) is 0 Å². The zero-order valence-electron chi connectivity index (χ0n) is 15.5. The van der Waals surface area contributed by atoms with Gasteiger partial charge in [-0.15, -0.1) is 0 Å². The first kappa shape index (κ1) is 19.9. The summed E-state index contributed by atoms with van der Waals surface area (Å²) in [6, 6.07) is 21.3. The Balaban J connectivity index is 1.69. The Kier molecular flexibility index (Phi) is 5.92. The van der Waals surface area contributed by atoms with Gasteiger partial charge in [-0.2, -0.15) is 5.10 Å². The molecule has 1 N–H and O–H groups in total. The highest BCUT2D eigenvalue weighted by Crippen LogP contribution is 2.28. The molecule has 4 rings (SSSR count). The van der Waals surface area contributed by atoms with Gasteiger partial charge in [-0.3, -0.25) is 14.0 Å². The van der Waals surface area contributed by atoms with E-state index in [1.807, 2.05) is 24.3 Å². The van der Waals surface area contributed by atoms with E-state index in [9.17, 15) is 9.59 Å². The first-order chi connectivity index (χ1) is 14.6. The van der Waals surface area contributed by atoms with Crippen LogP contribution in [0.15, 0.2) is 98.8 Å². The lowest BCUT2D eigenvalue weighted by atomic mass is 10.2. The molecule has 2 aromatic carbocycles. The van der Waals surface area contributed by atoms with E-state index in [2.05, 4.69) is 15.5 Å². The number of hydrazone groups is 1. The molecule has 0 unspecified atom stereocenters. The monoisotopic (exact) mass is 434 g/mol. The molecule has 30 heavy (non-hydrogen) atoms. The summed E-state index contributed by atoms with van der Waals surface area (Å²) in [5.74, 6) is -0.368. The Labute approximate surface area is 181 Å². The van der Waals surface area contributed by atoms with Gasteiger partial charge in [-0.25, -0.2) is 10.4 Å². The zero-order chi connectivity index (χ0) is 20.9. The molecule has 0 saturated carbocycles. The highest BCUT2D eigenvalue weighted by molar-refractivity contribution is 7.99. The van der Waals surface area contributed by atoms with Gasteiger partial charge in [0.15, 0.2) is 0 Å². The van der Waals surface area contributed by atoms with Gasteiger partial charge in [0.1, 0.15) is 10.7 Å². The minimum absolute atomic E-state index is 0.270. The standard InChI is InChI=1S/C22H15ClN4O2S/c23-16-9-11-17(12-10-16)30-21-18(22(29)27-13-5-4-8-19(27)25-21)14-24-26-20(28)15-6-2-1-3-7-15/h1-14H,(H,26,28)/b24-14+. The summed E-state index contributed by atoms with van der Waals surface area (Å²) in [5, 5.41) is 5.09. The van der Waals surface area contributed by atoms with Crippen LogP contribution in [0.25, 0.3) is 5.65 Å². The number of nitrogens with zero attached hydrogens (tertiary/aromatic N) is 3. The SMILES string of the molecule is O=C(N/N=C/c1c(Sc2ccc(Cl)cc2)nc2ccccn2c1=O)c1ccccc1. The third-order valence-electron chi connectivity index (χ3n) is 4.16. The number of nitrogens with one attached hydrogen (secondary N) is 1. The van der Waals surface area contributed by atoms with Crippen LogP contribution in [0.2, 0.25) is 5.02 Å². The van der Waals surface area contributed by atoms with Gasteiger partial charge in [0.05, 0.1) is 11.8 Å². The Morgan fingerprint density at radius 2 is 1.77 bits per heavy atom. The fourth-order valence-corrected chi connectivity index (χ4v) is 3.71. The number of halogens is 1. The number of hydrogen-bond donors (Lipinski definition) is 1. The lowest BCUT2D eigenvalue weighted by molar-refractivity contribution is 0.0955. The number of pyridine rings is 1. The van der Waals surface area contributed by atoms with Crippen molar-refractivity contribution in [3.8, 4) is 0 Å². The van der Waals surface area contributed by atoms with Crippen molar-refractivity contribution in [3.05, 3.63) is 105 Å². The Bertz CT molecular complexity index is 1290. The smallest absolute Gasteiger partial charge is 0.268 e. The van der Waals surface area contributed by atoms with Crippen molar-refractivity contribution in [1.82, 2.24) is 14.8 Å².